The van der Waals surface area contributed by atoms with Gasteiger partial charge in [0.25, 0.3) is 0 Å². The lowest BCUT2D eigenvalue weighted by Gasteiger charge is -2.37. The van der Waals surface area contributed by atoms with Crippen LogP contribution in [-0.2, 0) is 36.0 Å². The summed E-state index contributed by atoms with van der Waals surface area (Å²) >= 11 is 1.10. The number of nitrogens with zero attached hydrogens (tertiary/aromatic N) is 6. The number of rotatable bonds is 10. The third-order valence-electron chi connectivity index (χ3n) is 9.99. The van der Waals surface area contributed by atoms with Crippen LogP contribution in [0.3, 0.4) is 0 Å². The number of aryl methyl sites for hydroxylation is 3. The van der Waals surface area contributed by atoms with E-state index in [1.165, 1.54) is 34.0 Å². The summed E-state index contributed by atoms with van der Waals surface area (Å²) in [5, 5.41) is 5.51. The molecule has 2 aliphatic heterocycles. The average molecular weight is 706 g/mol. The third kappa shape index (κ3) is 7.83. The molecule has 2 aliphatic rings. The van der Waals surface area contributed by atoms with Gasteiger partial charge in [0.15, 0.2) is 0 Å². The molecule has 0 unspecified atom stereocenters. The number of anilines is 1. The van der Waals surface area contributed by atoms with Crippen molar-refractivity contribution in [3.05, 3.63) is 51.8 Å². The van der Waals surface area contributed by atoms with E-state index in [2.05, 4.69) is 68.6 Å². The Morgan fingerprint density at radius 2 is 1.73 bits per heavy atom. The summed E-state index contributed by atoms with van der Waals surface area (Å²) < 4.78 is 67.1. The van der Waals surface area contributed by atoms with Crippen molar-refractivity contribution in [2.45, 2.75) is 84.7 Å². The number of aromatic nitrogens is 3. The van der Waals surface area contributed by atoms with E-state index in [0.29, 0.717) is 41.4 Å². The molecule has 0 bridgehead atoms. The summed E-state index contributed by atoms with van der Waals surface area (Å²) in [4.78, 5) is 14.9. The van der Waals surface area contributed by atoms with E-state index >= 15 is 0 Å². The molecule has 4 aromatic rings. The van der Waals surface area contributed by atoms with Crippen molar-refractivity contribution in [3.63, 3.8) is 0 Å². The summed E-state index contributed by atoms with van der Waals surface area (Å²) in [6.07, 6.45) is -1.47. The number of benzene rings is 1. The van der Waals surface area contributed by atoms with Crippen molar-refractivity contribution in [1.82, 2.24) is 28.6 Å². The first-order chi connectivity index (χ1) is 22.7. The summed E-state index contributed by atoms with van der Waals surface area (Å²) in [5.74, 6) is 1.28. The van der Waals surface area contributed by atoms with E-state index in [9.17, 15) is 21.6 Å². The maximum Gasteiger partial charge on any atom is 0.393 e. The van der Waals surface area contributed by atoms with Gasteiger partial charge in [-0.3, -0.25) is 9.80 Å². The van der Waals surface area contributed by atoms with Crippen LogP contribution in [0.1, 0.15) is 54.2 Å². The molecule has 3 aromatic heterocycles. The van der Waals surface area contributed by atoms with E-state index in [4.69, 9.17) is 0 Å². The highest BCUT2D eigenvalue weighted by atomic mass is 32.2. The van der Waals surface area contributed by atoms with Crippen LogP contribution in [0.15, 0.2) is 24.3 Å². The SMILES string of the molecule is CCc1nc(NC2CCN(Cc3ccc4c(cc(C)n4C[C@@H](C)N4CCN(S(C)(=O)=O)CC4)c3C)CC2)c2cc(CC(F)(F)F)sc2n1. The van der Waals surface area contributed by atoms with E-state index < -0.39 is 22.6 Å². The molecule has 0 spiro atoms. The normalized spacial score (nSPS) is 18.7. The van der Waals surface area contributed by atoms with Crippen LogP contribution in [0.5, 0.6) is 0 Å². The Labute approximate surface area is 285 Å². The first-order valence-electron chi connectivity index (χ1n) is 16.8. The number of sulfonamides is 1. The topological polar surface area (TPSA) is 86.6 Å². The van der Waals surface area contributed by atoms with Crippen LogP contribution in [0, 0.1) is 13.8 Å². The van der Waals surface area contributed by atoms with Gasteiger partial charge in [-0.2, -0.15) is 17.5 Å². The van der Waals surface area contributed by atoms with Crippen molar-refractivity contribution < 1.29 is 21.6 Å². The number of alkyl halides is 3. The molecule has 0 radical (unpaired) electrons. The highest BCUT2D eigenvalue weighted by Gasteiger charge is 2.30. The smallest absolute Gasteiger partial charge is 0.367 e. The van der Waals surface area contributed by atoms with Gasteiger partial charge < -0.3 is 9.88 Å². The number of halogens is 3. The van der Waals surface area contributed by atoms with Crippen LogP contribution in [-0.4, -0.2) is 101 Å². The second kappa shape index (κ2) is 13.9. The molecule has 0 amide bonds. The number of nitrogens with one attached hydrogen (secondary N) is 1. The predicted molar refractivity (Wildman–Crippen MR) is 187 cm³/mol. The molecule has 1 atom stereocenters. The van der Waals surface area contributed by atoms with Crippen molar-refractivity contribution in [3.8, 4) is 0 Å². The van der Waals surface area contributed by atoms with Gasteiger partial charge in [0.05, 0.1) is 18.1 Å². The van der Waals surface area contributed by atoms with E-state index in [1.54, 1.807) is 10.4 Å². The highest BCUT2D eigenvalue weighted by molar-refractivity contribution is 7.88. The number of hydrogen-bond donors (Lipinski definition) is 1. The lowest BCUT2D eigenvalue weighted by atomic mass is 10.0. The third-order valence-corrected chi connectivity index (χ3v) is 12.3. The molecule has 0 saturated carbocycles. The Bertz CT molecular complexity index is 1870. The second-order valence-electron chi connectivity index (χ2n) is 13.5. The first-order valence-corrected chi connectivity index (χ1v) is 19.5. The fourth-order valence-electron chi connectivity index (χ4n) is 7.16. The van der Waals surface area contributed by atoms with Crippen LogP contribution in [0.2, 0.25) is 0 Å². The minimum Gasteiger partial charge on any atom is -0.367 e. The molecule has 5 heterocycles. The lowest BCUT2D eigenvalue weighted by Crippen LogP contribution is -2.51. The molecular weight excluding hydrogens is 660 g/mol. The Morgan fingerprint density at radius 3 is 2.38 bits per heavy atom. The Balaban J connectivity index is 1.08. The zero-order chi connectivity index (χ0) is 34.4. The number of likely N-dealkylation sites (tertiary alicyclic amines) is 1. The van der Waals surface area contributed by atoms with Crippen molar-refractivity contribution in [1.29, 1.82) is 0 Å². The second-order valence-corrected chi connectivity index (χ2v) is 16.6. The van der Waals surface area contributed by atoms with Gasteiger partial charge in [-0.05, 0) is 62.9 Å². The van der Waals surface area contributed by atoms with Crippen LogP contribution >= 0.6 is 11.3 Å². The Kier molecular flexibility index (Phi) is 10.1. The monoisotopic (exact) mass is 705 g/mol. The number of hydrogen-bond acceptors (Lipinski definition) is 8. The summed E-state index contributed by atoms with van der Waals surface area (Å²) in [5.41, 5.74) is 5.07. The summed E-state index contributed by atoms with van der Waals surface area (Å²) in [7, 11) is -3.15. The highest BCUT2D eigenvalue weighted by Crippen LogP contribution is 2.34. The van der Waals surface area contributed by atoms with Gasteiger partial charge >= 0.3 is 6.18 Å². The van der Waals surface area contributed by atoms with Gasteiger partial charge in [0, 0.05) is 92.3 Å². The van der Waals surface area contributed by atoms with Crippen LogP contribution in [0.4, 0.5) is 19.0 Å². The average Bonchev–Trinajstić information content (AvgIpc) is 3.58. The Morgan fingerprint density at radius 1 is 1.02 bits per heavy atom. The number of fused-ring (bicyclic) bond motifs is 2. The molecule has 9 nitrogen and oxygen atoms in total. The minimum atomic E-state index is -4.26. The molecule has 0 aliphatic carbocycles. The molecule has 1 N–H and O–H groups in total. The van der Waals surface area contributed by atoms with Gasteiger partial charge in [0.2, 0.25) is 10.0 Å². The fraction of sp³-hybridized carbons (Fsp3) is 0.588. The molecule has 6 rings (SSSR count). The van der Waals surface area contributed by atoms with Gasteiger partial charge in [-0.15, -0.1) is 11.3 Å². The molecule has 1 aromatic carbocycles. The van der Waals surface area contributed by atoms with E-state index in [1.807, 2.05) is 6.92 Å². The molecule has 48 heavy (non-hydrogen) atoms. The summed E-state index contributed by atoms with van der Waals surface area (Å²) in [6, 6.07) is 8.85. The minimum absolute atomic E-state index is 0.187. The van der Waals surface area contributed by atoms with Gasteiger partial charge in [0.1, 0.15) is 16.5 Å². The Hall–Kier alpha value is -2.78. The summed E-state index contributed by atoms with van der Waals surface area (Å²) in [6.45, 7) is 14.6. The molecule has 2 fully saturated rings. The van der Waals surface area contributed by atoms with Crippen molar-refractivity contribution >= 4 is 48.3 Å². The molecule has 2 saturated heterocycles. The number of piperidine rings is 1. The van der Waals surface area contributed by atoms with E-state index in [-0.39, 0.29) is 17.0 Å². The number of thiophene rings is 1. The van der Waals surface area contributed by atoms with Gasteiger partial charge in [-0.25, -0.2) is 18.4 Å². The zero-order valence-electron chi connectivity index (χ0n) is 28.4. The standard InChI is InChI=1S/C34H46F3N7O2S2/c1-6-31-39-32(29-18-27(19-34(35,36)37)47-33(29)40-31)38-26-9-11-41(12-10-26)21-25-7-8-30-28(24(25)4)17-22(2)44(30)20-23(3)42-13-15-43(16-14-42)48(5,45)46/h7-8,17-18,23,26H,6,9-16,19-21H2,1-5H3,(H,38,39,40)/t23-/m1/s1. The van der Waals surface area contributed by atoms with Crippen LogP contribution < -0.4 is 5.32 Å². The van der Waals surface area contributed by atoms with Crippen molar-refractivity contribution in [2.24, 2.45) is 0 Å². The maximum absolute atomic E-state index is 13.1. The fourth-order valence-corrected chi connectivity index (χ4v) is 9.07. The molecule has 14 heteroatoms. The number of piperazine rings is 1. The van der Waals surface area contributed by atoms with Crippen molar-refractivity contribution in [2.75, 3.05) is 50.8 Å². The van der Waals surface area contributed by atoms with E-state index in [0.717, 1.165) is 63.4 Å². The van der Waals surface area contributed by atoms with Gasteiger partial charge in [-0.1, -0.05) is 13.0 Å². The molecular formula is C34H46F3N7O2S2. The lowest BCUT2D eigenvalue weighted by molar-refractivity contribution is -0.126. The maximum atomic E-state index is 13.1. The van der Waals surface area contributed by atoms with Crippen LogP contribution in [0.25, 0.3) is 21.1 Å². The molecule has 262 valence electrons. The predicted octanol–water partition coefficient (Wildman–Crippen LogP) is 5.97. The first kappa shape index (κ1) is 35.1. The zero-order valence-corrected chi connectivity index (χ0v) is 30.0. The largest absolute Gasteiger partial charge is 0.393 e. The quantitative estimate of drug-likeness (QED) is 0.218.